The van der Waals surface area contributed by atoms with Crippen molar-refractivity contribution in [1.29, 1.82) is 0 Å². The van der Waals surface area contributed by atoms with E-state index in [0.29, 0.717) is 6.04 Å². The van der Waals surface area contributed by atoms with Crippen LogP contribution in [0.5, 0.6) is 5.75 Å². The number of halogens is 1. The fraction of sp³-hybridized carbons (Fsp3) is 0.600. The van der Waals surface area contributed by atoms with E-state index >= 15 is 0 Å². The summed E-state index contributed by atoms with van der Waals surface area (Å²) in [7, 11) is 1.69. The summed E-state index contributed by atoms with van der Waals surface area (Å²) in [6.07, 6.45) is 4.60. The van der Waals surface area contributed by atoms with Crippen LogP contribution in [-0.4, -0.2) is 26.2 Å². The Bertz CT molecular complexity index is 316. The molecule has 0 amide bonds. The molecule has 0 aliphatic heterocycles. The van der Waals surface area contributed by atoms with Crippen molar-refractivity contribution in [2.24, 2.45) is 5.73 Å². The van der Waals surface area contributed by atoms with Gasteiger partial charge in [0, 0.05) is 12.6 Å². The van der Waals surface area contributed by atoms with Gasteiger partial charge in [-0.05, 0) is 43.5 Å². The molecule has 0 fully saturated rings. The highest BCUT2D eigenvalue weighted by Gasteiger charge is 2.03. The Kier molecular flexibility index (Phi) is 10.6. The molecule has 1 aromatic carbocycles. The van der Waals surface area contributed by atoms with E-state index in [1.165, 1.54) is 18.4 Å². The number of benzene rings is 1. The Balaban J connectivity index is 0.00000324. The van der Waals surface area contributed by atoms with Gasteiger partial charge < -0.3 is 15.8 Å². The molecule has 0 radical (unpaired) electrons. The molecule has 0 aliphatic carbocycles. The number of ether oxygens (including phenoxy) is 1. The van der Waals surface area contributed by atoms with Crippen molar-refractivity contribution in [1.82, 2.24) is 5.32 Å². The molecule has 0 aliphatic rings. The van der Waals surface area contributed by atoms with Crippen molar-refractivity contribution in [3.8, 4) is 5.75 Å². The Labute approximate surface area is 123 Å². The molecule has 1 atom stereocenters. The van der Waals surface area contributed by atoms with E-state index in [2.05, 4.69) is 24.4 Å². The first-order valence-electron chi connectivity index (χ1n) is 6.86. The van der Waals surface area contributed by atoms with Crippen LogP contribution in [0.3, 0.4) is 0 Å². The molecule has 1 rings (SSSR count). The standard InChI is InChI=1S/C15H26N2O.ClH/c1-3-5-14(12-16)17-11-4-6-13-7-9-15(18-2)10-8-13;/h7-10,14,17H,3-6,11-12,16H2,1-2H3;1H/t14-;/m0./s1. The Hall–Kier alpha value is -0.770. The number of methoxy groups -OCH3 is 1. The molecular weight excluding hydrogens is 260 g/mol. The fourth-order valence-electron chi connectivity index (χ4n) is 2.04. The van der Waals surface area contributed by atoms with Gasteiger partial charge in [0.25, 0.3) is 0 Å². The maximum atomic E-state index is 5.71. The van der Waals surface area contributed by atoms with Crippen LogP contribution in [0.1, 0.15) is 31.7 Å². The fourth-order valence-corrected chi connectivity index (χ4v) is 2.04. The molecule has 0 spiro atoms. The summed E-state index contributed by atoms with van der Waals surface area (Å²) >= 11 is 0. The van der Waals surface area contributed by atoms with E-state index in [1.807, 2.05) is 12.1 Å². The molecule has 3 N–H and O–H groups in total. The summed E-state index contributed by atoms with van der Waals surface area (Å²) in [6, 6.07) is 8.77. The van der Waals surface area contributed by atoms with Crippen molar-refractivity contribution in [2.45, 2.75) is 38.6 Å². The van der Waals surface area contributed by atoms with Gasteiger partial charge in [-0.15, -0.1) is 12.4 Å². The van der Waals surface area contributed by atoms with Gasteiger partial charge in [0.1, 0.15) is 5.75 Å². The molecule has 0 heterocycles. The van der Waals surface area contributed by atoms with Crippen LogP contribution < -0.4 is 15.8 Å². The maximum absolute atomic E-state index is 5.71. The Morgan fingerprint density at radius 1 is 1.26 bits per heavy atom. The average Bonchev–Trinajstić information content (AvgIpc) is 2.43. The Morgan fingerprint density at radius 2 is 1.95 bits per heavy atom. The van der Waals surface area contributed by atoms with Gasteiger partial charge in [-0.1, -0.05) is 25.5 Å². The number of rotatable bonds is 9. The van der Waals surface area contributed by atoms with E-state index in [0.717, 1.165) is 31.7 Å². The van der Waals surface area contributed by atoms with Crippen molar-refractivity contribution in [2.75, 3.05) is 20.2 Å². The van der Waals surface area contributed by atoms with Crippen molar-refractivity contribution >= 4 is 12.4 Å². The molecule has 0 aromatic heterocycles. The lowest BCUT2D eigenvalue weighted by Crippen LogP contribution is -2.36. The third kappa shape index (κ3) is 7.41. The van der Waals surface area contributed by atoms with Gasteiger partial charge in [0.15, 0.2) is 0 Å². The number of nitrogens with one attached hydrogen (secondary N) is 1. The average molecular weight is 287 g/mol. The highest BCUT2D eigenvalue weighted by molar-refractivity contribution is 5.85. The van der Waals surface area contributed by atoms with E-state index in [4.69, 9.17) is 10.5 Å². The van der Waals surface area contributed by atoms with Crippen LogP contribution >= 0.6 is 12.4 Å². The number of nitrogens with two attached hydrogens (primary N) is 1. The highest BCUT2D eigenvalue weighted by Crippen LogP contribution is 2.12. The van der Waals surface area contributed by atoms with Gasteiger partial charge in [0.2, 0.25) is 0 Å². The summed E-state index contributed by atoms with van der Waals surface area (Å²) in [5, 5.41) is 3.51. The van der Waals surface area contributed by atoms with Crippen LogP contribution in [0, 0.1) is 0 Å². The van der Waals surface area contributed by atoms with Crippen LogP contribution in [-0.2, 0) is 6.42 Å². The zero-order valence-corrected chi connectivity index (χ0v) is 12.8. The largest absolute Gasteiger partial charge is 0.497 e. The molecule has 19 heavy (non-hydrogen) atoms. The smallest absolute Gasteiger partial charge is 0.118 e. The lowest BCUT2D eigenvalue weighted by Gasteiger charge is -2.15. The quantitative estimate of drug-likeness (QED) is 0.686. The van der Waals surface area contributed by atoms with Crippen molar-refractivity contribution in [3.63, 3.8) is 0 Å². The predicted octanol–water partition coefficient (Wildman–Crippen LogP) is 2.77. The van der Waals surface area contributed by atoms with Crippen molar-refractivity contribution < 1.29 is 4.74 Å². The number of hydrogen-bond donors (Lipinski definition) is 2. The molecule has 3 nitrogen and oxygen atoms in total. The minimum absolute atomic E-state index is 0. The summed E-state index contributed by atoms with van der Waals surface area (Å²) in [4.78, 5) is 0. The second-order valence-electron chi connectivity index (χ2n) is 4.63. The van der Waals surface area contributed by atoms with E-state index in [-0.39, 0.29) is 12.4 Å². The summed E-state index contributed by atoms with van der Waals surface area (Å²) in [5.41, 5.74) is 7.07. The lowest BCUT2D eigenvalue weighted by atomic mass is 10.1. The zero-order valence-electron chi connectivity index (χ0n) is 12.0. The zero-order chi connectivity index (χ0) is 13.2. The second kappa shape index (κ2) is 11.1. The Morgan fingerprint density at radius 3 is 2.47 bits per heavy atom. The first-order chi connectivity index (χ1) is 8.80. The minimum atomic E-state index is 0. The van der Waals surface area contributed by atoms with Crippen molar-refractivity contribution in [3.05, 3.63) is 29.8 Å². The summed E-state index contributed by atoms with van der Waals surface area (Å²) < 4.78 is 5.14. The third-order valence-corrected chi connectivity index (χ3v) is 3.16. The molecule has 0 bridgehead atoms. The van der Waals surface area contributed by atoms with Crippen LogP contribution in [0.15, 0.2) is 24.3 Å². The van der Waals surface area contributed by atoms with E-state index in [9.17, 15) is 0 Å². The molecule has 0 saturated carbocycles. The first-order valence-corrected chi connectivity index (χ1v) is 6.86. The second-order valence-corrected chi connectivity index (χ2v) is 4.63. The third-order valence-electron chi connectivity index (χ3n) is 3.16. The minimum Gasteiger partial charge on any atom is -0.497 e. The van der Waals surface area contributed by atoms with Gasteiger partial charge in [-0.25, -0.2) is 0 Å². The number of aryl methyl sites for hydroxylation is 1. The van der Waals surface area contributed by atoms with Gasteiger partial charge in [-0.3, -0.25) is 0 Å². The predicted molar refractivity (Wildman–Crippen MR) is 84.3 cm³/mol. The summed E-state index contributed by atoms with van der Waals surface area (Å²) in [5.74, 6) is 0.919. The van der Waals surface area contributed by atoms with Crippen LogP contribution in [0.25, 0.3) is 0 Å². The molecule has 0 saturated heterocycles. The molecule has 1 aromatic rings. The van der Waals surface area contributed by atoms with Gasteiger partial charge >= 0.3 is 0 Å². The highest BCUT2D eigenvalue weighted by atomic mass is 35.5. The van der Waals surface area contributed by atoms with Gasteiger partial charge in [0.05, 0.1) is 7.11 Å². The summed E-state index contributed by atoms with van der Waals surface area (Å²) in [6.45, 7) is 3.96. The topological polar surface area (TPSA) is 47.3 Å². The SMILES string of the molecule is CCC[C@@H](CN)NCCCc1ccc(OC)cc1.Cl. The first kappa shape index (κ1) is 18.2. The maximum Gasteiger partial charge on any atom is 0.118 e. The van der Waals surface area contributed by atoms with E-state index in [1.54, 1.807) is 7.11 Å². The normalized spacial score (nSPS) is 11.7. The van der Waals surface area contributed by atoms with Crippen LogP contribution in [0.4, 0.5) is 0 Å². The number of hydrogen-bond acceptors (Lipinski definition) is 3. The van der Waals surface area contributed by atoms with E-state index < -0.39 is 0 Å². The lowest BCUT2D eigenvalue weighted by molar-refractivity contribution is 0.414. The molecular formula is C15H27ClN2O. The molecule has 0 unspecified atom stereocenters. The monoisotopic (exact) mass is 286 g/mol. The molecule has 4 heteroatoms. The van der Waals surface area contributed by atoms with Crippen LogP contribution in [0.2, 0.25) is 0 Å². The molecule has 110 valence electrons. The van der Waals surface area contributed by atoms with Gasteiger partial charge in [-0.2, -0.15) is 0 Å².